The van der Waals surface area contributed by atoms with E-state index in [0.29, 0.717) is 6.54 Å². The average molecular weight is 270 g/mol. The maximum absolute atomic E-state index is 12.2. The summed E-state index contributed by atoms with van der Waals surface area (Å²) in [6.45, 7) is 6.25. The van der Waals surface area contributed by atoms with Crippen molar-refractivity contribution in [3.05, 3.63) is 0 Å². The highest BCUT2D eigenvalue weighted by atomic mass is 16.4. The third-order valence-electron chi connectivity index (χ3n) is 3.74. The zero-order valence-corrected chi connectivity index (χ0v) is 12.2. The van der Waals surface area contributed by atoms with Crippen LogP contribution in [0.2, 0.25) is 0 Å². The molecule has 0 spiro atoms. The Bertz CT molecular complexity index is 316. The lowest BCUT2D eigenvalue weighted by molar-refractivity contribution is -0.138. The topological polar surface area (TPSA) is 69.6 Å². The molecule has 5 nitrogen and oxygen atoms in total. The molecule has 0 aromatic carbocycles. The van der Waals surface area contributed by atoms with E-state index in [1.54, 1.807) is 11.8 Å². The highest BCUT2D eigenvalue weighted by Gasteiger charge is 2.27. The molecule has 0 aromatic heterocycles. The Morgan fingerprint density at radius 2 is 2.00 bits per heavy atom. The quantitative estimate of drug-likeness (QED) is 0.712. The van der Waals surface area contributed by atoms with Gasteiger partial charge >= 0.3 is 12.0 Å². The highest BCUT2D eigenvalue weighted by Crippen LogP contribution is 2.34. The summed E-state index contributed by atoms with van der Waals surface area (Å²) in [7, 11) is 0. The van der Waals surface area contributed by atoms with Gasteiger partial charge in [-0.15, -0.1) is 0 Å². The Morgan fingerprint density at radius 3 is 2.42 bits per heavy atom. The van der Waals surface area contributed by atoms with E-state index in [0.717, 1.165) is 18.8 Å². The minimum Gasteiger partial charge on any atom is -0.481 e. The predicted molar refractivity (Wildman–Crippen MR) is 74.0 cm³/mol. The minimum atomic E-state index is -0.872. The third kappa shape index (κ3) is 5.49. The van der Waals surface area contributed by atoms with Crippen LogP contribution < -0.4 is 5.32 Å². The second-order valence-corrected chi connectivity index (χ2v) is 5.47. The van der Waals surface area contributed by atoms with Crippen LogP contribution in [0.4, 0.5) is 4.79 Å². The Labute approximate surface area is 115 Å². The standard InChI is InChI=1S/C14H26N2O3/c1-4-12(9-11-6-7-11)15-14(19)16(5-2)10(3)8-13(17)18/h10-12H,4-9H2,1-3H3,(H,15,19)(H,17,18). The van der Waals surface area contributed by atoms with Crippen molar-refractivity contribution in [1.82, 2.24) is 10.2 Å². The van der Waals surface area contributed by atoms with E-state index < -0.39 is 5.97 Å². The number of carbonyl (C=O) groups is 2. The van der Waals surface area contributed by atoms with Crippen LogP contribution in [0.5, 0.6) is 0 Å². The highest BCUT2D eigenvalue weighted by molar-refractivity contribution is 5.76. The zero-order chi connectivity index (χ0) is 14.4. The summed E-state index contributed by atoms with van der Waals surface area (Å²) in [6, 6.07) is -0.198. The molecule has 1 aliphatic carbocycles. The van der Waals surface area contributed by atoms with E-state index in [-0.39, 0.29) is 24.5 Å². The van der Waals surface area contributed by atoms with E-state index in [1.807, 2.05) is 6.92 Å². The molecule has 0 aromatic rings. The monoisotopic (exact) mass is 270 g/mol. The van der Waals surface area contributed by atoms with Gasteiger partial charge in [-0.2, -0.15) is 0 Å². The largest absolute Gasteiger partial charge is 0.481 e. The van der Waals surface area contributed by atoms with E-state index in [4.69, 9.17) is 5.11 Å². The normalized spacial score (nSPS) is 17.6. The third-order valence-corrected chi connectivity index (χ3v) is 3.74. The molecule has 2 amide bonds. The molecule has 0 saturated heterocycles. The summed E-state index contributed by atoms with van der Waals surface area (Å²) in [4.78, 5) is 24.5. The summed E-state index contributed by atoms with van der Waals surface area (Å²) >= 11 is 0. The number of nitrogens with one attached hydrogen (secondary N) is 1. The van der Waals surface area contributed by atoms with Crippen molar-refractivity contribution in [2.75, 3.05) is 6.54 Å². The molecule has 2 atom stereocenters. The van der Waals surface area contributed by atoms with Gasteiger partial charge in [-0.25, -0.2) is 4.79 Å². The number of rotatable bonds is 8. The zero-order valence-electron chi connectivity index (χ0n) is 12.2. The number of hydrogen-bond acceptors (Lipinski definition) is 2. The average Bonchev–Trinajstić information content (AvgIpc) is 3.11. The molecule has 1 fully saturated rings. The molecule has 0 heterocycles. The lowest BCUT2D eigenvalue weighted by Crippen LogP contribution is -2.48. The van der Waals surface area contributed by atoms with Gasteiger partial charge in [-0.3, -0.25) is 4.79 Å². The number of amides is 2. The van der Waals surface area contributed by atoms with Crippen molar-refractivity contribution < 1.29 is 14.7 Å². The summed E-state index contributed by atoms with van der Waals surface area (Å²) < 4.78 is 0. The Hall–Kier alpha value is -1.26. The van der Waals surface area contributed by atoms with Gasteiger partial charge in [0.25, 0.3) is 0 Å². The number of aliphatic carboxylic acids is 1. The molecular formula is C14H26N2O3. The first-order chi connectivity index (χ1) is 8.97. The Balaban J connectivity index is 2.48. The number of carbonyl (C=O) groups excluding carboxylic acids is 1. The van der Waals surface area contributed by atoms with Crippen LogP contribution in [0.1, 0.15) is 52.9 Å². The number of urea groups is 1. The van der Waals surface area contributed by atoms with Gasteiger partial charge in [-0.05, 0) is 32.6 Å². The van der Waals surface area contributed by atoms with Crippen molar-refractivity contribution in [3.8, 4) is 0 Å². The fourth-order valence-electron chi connectivity index (χ4n) is 2.36. The molecule has 0 radical (unpaired) electrons. The first-order valence-corrected chi connectivity index (χ1v) is 7.26. The molecule has 19 heavy (non-hydrogen) atoms. The van der Waals surface area contributed by atoms with Crippen LogP contribution in [-0.4, -0.2) is 40.6 Å². The van der Waals surface area contributed by atoms with Crippen molar-refractivity contribution in [2.24, 2.45) is 5.92 Å². The number of carboxylic acid groups (broad SMARTS) is 1. The smallest absolute Gasteiger partial charge is 0.317 e. The van der Waals surface area contributed by atoms with Crippen LogP contribution in [-0.2, 0) is 4.79 Å². The predicted octanol–water partition coefficient (Wildman–Crippen LogP) is 2.46. The van der Waals surface area contributed by atoms with Gasteiger partial charge < -0.3 is 15.3 Å². The van der Waals surface area contributed by atoms with Crippen molar-refractivity contribution >= 4 is 12.0 Å². The molecule has 1 aliphatic rings. The second-order valence-electron chi connectivity index (χ2n) is 5.47. The first kappa shape index (κ1) is 15.8. The lowest BCUT2D eigenvalue weighted by Gasteiger charge is -2.29. The van der Waals surface area contributed by atoms with E-state index in [1.165, 1.54) is 12.8 Å². The Morgan fingerprint density at radius 1 is 1.37 bits per heavy atom. The van der Waals surface area contributed by atoms with Gasteiger partial charge in [0.05, 0.1) is 6.42 Å². The van der Waals surface area contributed by atoms with Gasteiger partial charge in [-0.1, -0.05) is 19.8 Å². The summed E-state index contributed by atoms with van der Waals surface area (Å²) in [5, 5.41) is 11.8. The SMILES string of the molecule is CCC(CC1CC1)NC(=O)N(CC)C(C)CC(=O)O. The number of carboxylic acids is 1. The van der Waals surface area contributed by atoms with Crippen molar-refractivity contribution in [3.63, 3.8) is 0 Å². The lowest BCUT2D eigenvalue weighted by atomic mass is 10.1. The number of hydrogen-bond donors (Lipinski definition) is 2. The second kappa shape index (κ2) is 7.36. The molecule has 2 unspecified atom stereocenters. The molecule has 0 bridgehead atoms. The van der Waals surface area contributed by atoms with Gasteiger partial charge in [0, 0.05) is 18.6 Å². The van der Waals surface area contributed by atoms with Gasteiger partial charge in [0.1, 0.15) is 0 Å². The number of nitrogens with zero attached hydrogens (tertiary/aromatic N) is 1. The van der Waals surface area contributed by atoms with Crippen LogP contribution in [0.3, 0.4) is 0 Å². The van der Waals surface area contributed by atoms with Crippen LogP contribution >= 0.6 is 0 Å². The fourth-order valence-corrected chi connectivity index (χ4v) is 2.36. The van der Waals surface area contributed by atoms with Gasteiger partial charge in [0.2, 0.25) is 0 Å². The van der Waals surface area contributed by atoms with Crippen LogP contribution in [0, 0.1) is 5.92 Å². The fraction of sp³-hybridized carbons (Fsp3) is 0.857. The molecule has 5 heteroatoms. The molecular weight excluding hydrogens is 244 g/mol. The molecule has 0 aliphatic heterocycles. The van der Waals surface area contributed by atoms with Crippen molar-refractivity contribution in [1.29, 1.82) is 0 Å². The summed E-state index contributed by atoms with van der Waals surface area (Å²) in [6.07, 6.45) is 4.51. The summed E-state index contributed by atoms with van der Waals surface area (Å²) in [5.74, 6) is -0.0967. The van der Waals surface area contributed by atoms with E-state index >= 15 is 0 Å². The maximum Gasteiger partial charge on any atom is 0.317 e. The van der Waals surface area contributed by atoms with E-state index in [9.17, 15) is 9.59 Å². The van der Waals surface area contributed by atoms with Crippen molar-refractivity contribution in [2.45, 2.75) is 65.0 Å². The van der Waals surface area contributed by atoms with Gasteiger partial charge in [0.15, 0.2) is 0 Å². The molecule has 1 rings (SSSR count). The summed E-state index contributed by atoms with van der Waals surface area (Å²) in [5.41, 5.74) is 0. The first-order valence-electron chi connectivity index (χ1n) is 7.26. The molecule has 1 saturated carbocycles. The van der Waals surface area contributed by atoms with Crippen LogP contribution in [0.15, 0.2) is 0 Å². The Kier molecular flexibility index (Phi) is 6.12. The molecule has 110 valence electrons. The van der Waals surface area contributed by atoms with E-state index in [2.05, 4.69) is 12.2 Å². The molecule has 2 N–H and O–H groups in total. The minimum absolute atomic E-state index is 0.0132. The maximum atomic E-state index is 12.2. The van der Waals surface area contributed by atoms with Crippen LogP contribution in [0.25, 0.3) is 0 Å².